The van der Waals surface area contributed by atoms with Crippen LogP contribution in [0.2, 0.25) is 0 Å². The molecule has 1 atom stereocenters. The Bertz CT molecular complexity index is 412. The van der Waals surface area contributed by atoms with Crippen molar-refractivity contribution in [1.82, 2.24) is 0 Å². The Morgan fingerprint density at radius 2 is 2.36 bits per heavy atom. The lowest BCUT2D eigenvalue weighted by molar-refractivity contribution is -0.135. The zero-order chi connectivity index (χ0) is 9.76. The van der Waals surface area contributed by atoms with Gasteiger partial charge in [-0.05, 0) is 18.4 Å². The highest BCUT2D eigenvalue weighted by Crippen LogP contribution is 2.51. The zero-order valence-electron chi connectivity index (χ0n) is 8.17. The molecule has 0 aromatic heterocycles. The molecule has 1 heterocycles. The van der Waals surface area contributed by atoms with E-state index in [0.29, 0.717) is 6.61 Å². The predicted octanol–water partition coefficient (Wildman–Crippen LogP) is 2.14. The first-order valence-corrected chi connectivity index (χ1v) is 5.00. The van der Waals surface area contributed by atoms with E-state index in [1.807, 2.05) is 6.08 Å². The minimum atomic E-state index is -0.124. The van der Waals surface area contributed by atoms with Crippen molar-refractivity contribution in [2.75, 3.05) is 6.61 Å². The SMILES string of the molecule is CC12C=CC=C3COC(=O)C3=C1CC2. The number of carbonyl (C=O) groups is 1. The summed E-state index contributed by atoms with van der Waals surface area (Å²) in [6.07, 6.45) is 8.47. The number of rotatable bonds is 0. The molecular formula is C12H12O2. The van der Waals surface area contributed by atoms with Gasteiger partial charge in [0.2, 0.25) is 0 Å². The fourth-order valence-electron chi connectivity index (χ4n) is 2.48. The largest absolute Gasteiger partial charge is 0.457 e. The molecule has 1 unspecified atom stereocenters. The van der Waals surface area contributed by atoms with E-state index in [9.17, 15) is 4.79 Å². The first-order chi connectivity index (χ1) is 6.71. The first kappa shape index (κ1) is 8.04. The quantitative estimate of drug-likeness (QED) is 0.544. The van der Waals surface area contributed by atoms with Crippen molar-refractivity contribution in [1.29, 1.82) is 0 Å². The van der Waals surface area contributed by atoms with Crippen molar-refractivity contribution in [2.45, 2.75) is 19.8 Å². The Morgan fingerprint density at radius 1 is 1.50 bits per heavy atom. The summed E-state index contributed by atoms with van der Waals surface area (Å²) in [7, 11) is 0. The van der Waals surface area contributed by atoms with Gasteiger partial charge in [0.25, 0.3) is 0 Å². The van der Waals surface area contributed by atoms with Crippen molar-refractivity contribution in [2.24, 2.45) is 5.41 Å². The highest BCUT2D eigenvalue weighted by Gasteiger charge is 2.42. The van der Waals surface area contributed by atoms with Gasteiger partial charge in [-0.1, -0.05) is 25.2 Å². The summed E-state index contributed by atoms with van der Waals surface area (Å²) in [5, 5.41) is 0. The highest BCUT2D eigenvalue weighted by molar-refractivity contribution is 5.98. The van der Waals surface area contributed by atoms with Gasteiger partial charge >= 0.3 is 5.97 Å². The number of carbonyl (C=O) groups excluding carboxylic acids is 1. The van der Waals surface area contributed by atoms with Gasteiger partial charge in [-0.15, -0.1) is 0 Å². The monoisotopic (exact) mass is 188 g/mol. The topological polar surface area (TPSA) is 26.3 Å². The second-order valence-corrected chi connectivity index (χ2v) is 4.40. The lowest BCUT2D eigenvalue weighted by Crippen LogP contribution is -2.29. The standard InChI is InChI=1S/C12H12O2/c1-12-5-2-3-8-7-14-11(13)10(8)9(12)4-6-12/h2-3,5H,4,6-7H2,1H3. The molecule has 2 fully saturated rings. The smallest absolute Gasteiger partial charge is 0.338 e. The lowest BCUT2D eigenvalue weighted by Gasteiger charge is -2.39. The maximum atomic E-state index is 11.5. The summed E-state index contributed by atoms with van der Waals surface area (Å²) in [6.45, 7) is 2.65. The van der Waals surface area contributed by atoms with Gasteiger partial charge in [0, 0.05) is 11.0 Å². The van der Waals surface area contributed by atoms with E-state index in [1.165, 1.54) is 5.57 Å². The molecule has 0 N–H and O–H groups in total. The second-order valence-electron chi connectivity index (χ2n) is 4.40. The molecule has 0 amide bonds. The zero-order valence-corrected chi connectivity index (χ0v) is 8.17. The fourth-order valence-corrected chi connectivity index (χ4v) is 2.48. The molecule has 0 spiro atoms. The van der Waals surface area contributed by atoms with E-state index in [-0.39, 0.29) is 11.4 Å². The Morgan fingerprint density at radius 3 is 3.07 bits per heavy atom. The van der Waals surface area contributed by atoms with Crippen LogP contribution in [0.15, 0.2) is 34.9 Å². The van der Waals surface area contributed by atoms with Crippen molar-refractivity contribution in [3.8, 4) is 0 Å². The predicted molar refractivity (Wildman–Crippen MR) is 52.5 cm³/mol. The normalized spacial score (nSPS) is 34.1. The summed E-state index contributed by atoms with van der Waals surface area (Å²) in [6, 6.07) is 0. The second kappa shape index (κ2) is 2.38. The molecule has 1 saturated heterocycles. The van der Waals surface area contributed by atoms with Gasteiger partial charge in [0.15, 0.2) is 0 Å². The Labute approximate surface area is 82.9 Å². The van der Waals surface area contributed by atoms with E-state index >= 15 is 0 Å². The number of ether oxygens (including phenoxy) is 1. The van der Waals surface area contributed by atoms with E-state index < -0.39 is 0 Å². The molecule has 0 radical (unpaired) electrons. The van der Waals surface area contributed by atoms with Gasteiger partial charge in [0.05, 0.1) is 5.57 Å². The third kappa shape index (κ3) is 0.834. The molecule has 14 heavy (non-hydrogen) atoms. The molecule has 3 rings (SSSR count). The number of hydrogen-bond acceptors (Lipinski definition) is 2. The van der Waals surface area contributed by atoms with Crippen LogP contribution >= 0.6 is 0 Å². The van der Waals surface area contributed by atoms with Crippen molar-refractivity contribution in [3.63, 3.8) is 0 Å². The molecule has 0 aromatic rings. The minimum absolute atomic E-state index is 0.122. The molecule has 2 aliphatic carbocycles. The van der Waals surface area contributed by atoms with Crippen LogP contribution in [0.5, 0.6) is 0 Å². The van der Waals surface area contributed by atoms with Crippen molar-refractivity contribution < 1.29 is 9.53 Å². The Balaban J connectivity index is 2.22. The average molecular weight is 188 g/mol. The Hall–Kier alpha value is -1.31. The van der Waals surface area contributed by atoms with Crippen LogP contribution in [0.3, 0.4) is 0 Å². The van der Waals surface area contributed by atoms with Crippen LogP contribution in [0, 0.1) is 5.41 Å². The summed E-state index contributed by atoms with van der Waals surface area (Å²) in [5.41, 5.74) is 3.32. The van der Waals surface area contributed by atoms with Crippen LogP contribution in [0.25, 0.3) is 0 Å². The van der Waals surface area contributed by atoms with E-state index in [1.54, 1.807) is 0 Å². The van der Waals surface area contributed by atoms with Crippen LogP contribution in [0.4, 0.5) is 0 Å². The number of cyclic esters (lactones) is 1. The number of esters is 1. The van der Waals surface area contributed by atoms with Crippen LogP contribution in [0.1, 0.15) is 19.8 Å². The fraction of sp³-hybridized carbons (Fsp3) is 0.417. The summed E-state index contributed by atoms with van der Waals surface area (Å²) in [4.78, 5) is 11.5. The third-order valence-electron chi connectivity index (χ3n) is 3.53. The van der Waals surface area contributed by atoms with Crippen molar-refractivity contribution >= 4 is 5.97 Å². The van der Waals surface area contributed by atoms with Gasteiger partial charge < -0.3 is 4.74 Å². The van der Waals surface area contributed by atoms with Gasteiger partial charge in [-0.3, -0.25) is 0 Å². The number of fused-ring (bicyclic) bond motifs is 2. The van der Waals surface area contributed by atoms with E-state index in [2.05, 4.69) is 19.1 Å². The molecule has 2 heteroatoms. The Kier molecular flexibility index (Phi) is 1.37. The summed E-state index contributed by atoms with van der Waals surface area (Å²) < 4.78 is 5.05. The molecule has 3 aliphatic rings. The number of allylic oxidation sites excluding steroid dienone is 4. The summed E-state index contributed by atoms with van der Waals surface area (Å²) in [5.74, 6) is -0.124. The van der Waals surface area contributed by atoms with Crippen molar-refractivity contribution in [3.05, 3.63) is 34.9 Å². The molecule has 1 aliphatic heterocycles. The lowest BCUT2D eigenvalue weighted by atomic mass is 9.64. The van der Waals surface area contributed by atoms with Crippen LogP contribution in [-0.2, 0) is 9.53 Å². The first-order valence-electron chi connectivity index (χ1n) is 5.00. The molecule has 72 valence electrons. The average Bonchev–Trinajstić information content (AvgIpc) is 2.44. The van der Waals surface area contributed by atoms with Crippen LogP contribution < -0.4 is 0 Å². The molecule has 0 aromatic carbocycles. The minimum Gasteiger partial charge on any atom is -0.457 e. The van der Waals surface area contributed by atoms with Gasteiger partial charge in [-0.2, -0.15) is 0 Å². The number of hydrogen-bond donors (Lipinski definition) is 0. The van der Waals surface area contributed by atoms with Crippen LogP contribution in [-0.4, -0.2) is 12.6 Å². The maximum Gasteiger partial charge on any atom is 0.338 e. The molecular weight excluding hydrogens is 176 g/mol. The maximum absolute atomic E-state index is 11.5. The molecule has 1 saturated carbocycles. The van der Waals surface area contributed by atoms with Gasteiger partial charge in [-0.25, -0.2) is 4.79 Å². The summed E-state index contributed by atoms with van der Waals surface area (Å²) >= 11 is 0. The highest BCUT2D eigenvalue weighted by atomic mass is 16.5. The van der Waals surface area contributed by atoms with Gasteiger partial charge in [0.1, 0.15) is 6.61 Å². The molecule has 2 nitrogen and oxygen atoms in total. The molecule has 0 bridgehead atoms. The van der Waals surface area contributed by atoms with E-state index in [4.69, 9.17) is 4.74 Å². The third-order valence-corrected chi connectivity index (χ3v) is 3.53. The van der Waals surface area contributed by atoms with E-state index in [0.717, 1.165) is 24.0 Å².